The van der Waals surface area contributed by atoms with E-state index in [-0.39, 0.29) is 30.0 Å². The molecule has 20 heavy (non-hydrogen) atoms. The van der Waals surface area contributed by atoms with Gasteiger partial charge in [0.15, 0.2) is 12.4 Å². The third-order valence-corrected chi connectivity index (χ3v) is 3.08. The van der Waals surface area contributed by atoms with Crippen molar-refractivity contribution in [2.75, 3.05) is 19.7 Å². The standard InChI is InChI=1S/C13H17N3O4/c17-13(15-10-4-3-7-14-8-10)9-20-12-6-2-1-5-11(12)16(18)19/h1-2,5-6,10,14H,3-4,7-9H2,(H,15,17). The smallest absolute Gasteiger partial charge is 0.310 e. The fraction of sp³-hybridized carbons (Fsp3) is 0.462. The van der Waals surface area contributed by atoms with Crippen LogP contribution in [0.4, 0.5) is 5.69 Å². The molecule has 1 atom stereocenters. The summed E-state index contributed by atoms with van der Waals surface area (Å²) < 4.78 is 5.23. The number of nitrogens with one attached hydrogen (secondary N) is 2. The number of para-hydroxylation sites is 2. The molecule has 108 valence electrons. The zero-order valence-electron chi connectivity index (χ0n) is 11.0. The lowest BCUT2D eigenvalue weighted by Crippen LogP contribution is -2.47. The summed E-state index contributed by atoms with van der Waals surface area (Å²) in [7, 11) is 0. The van der Waals surface area contributed by atoms with Crippen molar-refractivity contribution in [3.63, 3.8) is 0 Å². The van der Waals surface area contributed by atoms with Crippen molar-refractivity contribution in [2.45, 2.75) is 18.9 Å². The van der Waals surface area contributed by atoms with Crippen LogP contribution in [0, 0.1) is 10.1 Å². The van der Waals surface area contributed by atoms with Crippen molar-refractivity contribution in [1.82, 2.24) is 10.6 Å². The Kier molecular flexibility index (Phi) is 4.89. The van der Waals surface area contributed by atoms with Gasteiger partial charge in [-0.05, 0) is 25.5 Å². The normalized spacial score (nSPS) is 18.3. The average molecular weight is 279 g/mol. The molecule has 1 aliphatic rings. The number of nitro groups is 1. The Morgan fingerprint density at radius 3 is 3.00 bits per heavy atom. The summed E-state index contributed by atoms with van der Waals surface area (Å²) in [5.41, 5.74) is -0.139. The molecule has 7 heteroatoms. The molecule has 0 bridgehead atoms. The van der Waals surface area contributed by atoms with E-state index in [2.05, 4.69) is 10.6 Å². The lowest BCUT2D eigenvalue weighted by atomic mass is 10.1. The van der Waals surface area contributed by atoms with Gasteiger partial charge in [0.1, 0.15) is 0 Å². The van der Waals surface area contributed by atoms with Crippen molar-refractivity contribution >= 4 is 11.6 Å². The maximum absolute atomic E-state index is 11.7. The van der Waals surface area contributed by atoms with Gasteiger partial charge in [0.25, 0.3) is 5.91 Å². The highest BCUT2D eigenvalue weighted by molar-refractivity contribution is 5.78. The zero-order chi connectivity index (χ0) is 14.4. The van der Waals surface area contributed by atoms with Gasteiger partial charge in [0.2, 0.25) is 0 Å². The maximum atomic E-state index is 11.7. The van der Waals surface area contributed by atoms with Gasteiger partial charge in [0, 0.05) is 18.7 Å². The molecule has 0 aliphatic carbocycles. The molecular formula is C13H17N3O4. The number of carbonyl (C=O) groups is 1. The Balaban J connectivity index is 1.85. The van der Waals surface area contributed by atoms with Crippen LogP contribution in [-0.4, -0.2) is 36.6 Å². The van der Waals surface area contributed by atoms with Gasteiger partial charge in [-0.25, -0.2) is 0 Å². The molecular weight excluding hydrogens is 262 g/mol. The Morgan fingerprint density at radius 1 is 1.50 bits per heavy atom. The monoisotopic (exact) mass is 279 g/mol. The van der Waals surface area contributed by atoms with E-state index >= 15 is 0 Å². The van der Waals surface area contributed by atoms with Crippen molar-refractivity contribution in [1.29, 1.82) is 0 Å². The zero-order valence-corrected chi connectivity index (χ0v) is 11.0. The fourth-order valence-corrected chi connectivity index (χ4v) is 2.12. The Bertz CT molecular complexity index is 486. The quantitative estimate of drug-likeness (QED) is 0.615. The SMILES string of the molecule is O=C(COc1ccccc1[N+](=O)[O-])NC1CCCNC1. The largest absolute Gasteiger partial charge is 0.477 e. The van der Waals surface area contributed by atoms with E-state index < -0.39 is 4.92 Å². The van der Waals surface area contributed by atoms with Crippen LogP contribution in [0.25, 0.3) is 0 Å². The predicted molar refractivity (Wildman–Crippen MR) is 72.6 cm³/mol. The summed E-state index contributed by atoms with van der Waals surface area (Å²) in [5, 5.41) is 16.8. The predicted octanol–water partition coefficient (Wildman–Crippen LogP) is 0.842. The van der Waals surface area contributed by atoms with Gasteiger partial charge >= 0.3 is 5.69 Å². The van der Waals surface area contributed by atoms with Crippen LogP contribution in [0.15, 0.2) is 24.3 Å². The molecule has 0 saturated carbocycles. The lowest BCUT2D eigenvalue weighted by molar-refractivity contribution is -0.385. The van der Waals surface area contributed by atoms with Crippen LogP contribution in [0.1, 0.15) is 12.8 Å². The fourth-order valence-electron chi connectivity index (χ4n) is 2.12. The van der Waals surface area contributed by atoms with Gasteiger partial charge in [-0.3, -0.25) is 14.9 Å². The van der Waals surface area contributed by atoms with Gasteiger partial charge in [-0.1, -0.05) is 12.1 Å². The lowest BCUT2D eigenvalue weighted by Gasteiger charge is -2.23. The van der Waals surface area contributed by atoms with Crippen LogP contribution in [-0.2, 0) is 4.79 Å². The summed E-state index contributed by atoms with van der Waals surface area (Å²) >= 11 is 0. The van der Waals surface area contributed by atoms with Gasteiger partial charge in [0.05, 0.1) is 4.92 Å². The number of piperidine rings is 1. The number of benzene rings is 1. The average Bonchev–Trinajstić information content (AvgIpc) is 2.46. The highest BCUT2D eigenvalue weighted by atomic mass is 16.6. The van der Waals surface area contributed by atoms with Gasteiger partial charge in [-0.2, -0.15) is 0 Å². The first-order valence-corrected chi connectivity index (χ1v) is 6.53. The minimum atomic E-state index is -0.529. The number of carbonyl (C=O) groups excluding carboxylic acids is 1. The molecule has 1 aromatic rings. The topological polar surface area (TPSA) is 93.5 Å². The summed E-state index contributed by atoms with van der Waals surface area (Å²) in [6.07, 6.45) is 1.96. The molecule has 1 fully saturated rings. The van der Waals surface area contributed by atoms with Crippen LogP contribution >= 0.6 is 0 Å². The van der Waals surface area contributed by atoms with E-state index in [1.807, 2.05) is 0 Å². The third-order valence-electron chi connectivity index (χ3n) is 3.08. The van der Waals surface area contributed by atoms with E-state index in [1.165, 1.54) is 12.1 Å². The molecule has 0 radical (unpaired) electrons. The third kappa shape index (κ3) is 3.92. The highest BCUT2D eigenvalue weighted by Gasteiger charge is 2.18. The number of nitrogens with zero attached hydrogens (tertiary/aromatic N) is 1. The first-order chi connectivity index (χ1) is 9.66. The molecule has 2 N–H and O–H groups in total. The first-order valence-electron chi connectivity index (χ1n) is 6.53. The van der Waals surface area contributed by atoms with E-state index in [0.29, 0.717) is 0 Å². The Morgan fingerprint density at radius 2 is 2.30 bits per heavy atom. The second-order valence-corrected chi connectivity index (χ2v) is 4.62. The number of hydrogen-bond donors (Lipinski definition) is 2. The number of rotatable bonds is 5. The van der Waals surface area contributed by atoms with Crippen molar-refractivity contribution in [2.24, 2.45) is 0 Å². The molecule has 0 spiro atoms. The Labute approximate surface area is 116 Å². The summed E-state index contributed by atoms with van der Waals surface area (Å²) in [5.74, 6) is -0.161. The highest BCUT2D eigenvalue weighted by Crippen LogP contribution is 2.25. The van der Waals surface area contributed by atoms with Crippen molar-refractivity contribution in [3.8, 4) is 5.75 Å². The van der Waals surface area contributed by atoms with Crippen LogP contribution in [0.3, 0.4) is 0 Å². The summed E-state index contributed by atoms with van der Waals surface area (Å²) in [6, 6.07) is 6.11. The first kappa shape index (κ1) is 14.3. The number of ether oxygens (including phenoxy) is 1. The maximum Gasteiger partial charge on any atom is 0.310 e. The van der Waals surface area contributed by atoms with E-state index in [0.717, 1.165) is 25.9 Å². The molecule has 1 heterocycles. The van der Waals surface area contributed by atoms with Crippen LogP contribution in [0.5, 0.6) is 5.75 Å². The number of nitro benzene ring substituents is 1. The minimum Gasteiger partial charge on any atom is -0.477 e. The second-order valence-electron chi connectivity index (χ2n) is 4.62. The van der Waals surface area contributed by atoms with E-state index in [4.69, 9.17) is 4.74 Å². The molecule has 1 amide bonds. The summed E-state index contributed by atoms with van der Waals surface area (Å²) in [4.78, 5) is 22.0. The molecule has 2 rings (SSSR count). The van der Waals surface area contributed by atoms with E-state index in [1.54, 1.807) is 12.1 Å². The molecule has 1 aromatic carbocycles. The van der Waals surface area contributed by atoms with Gasteiger partial charge < -0.3 is 15.4 Å². The van der Waals surface area contributed by atoms with Crippen molar-refractivity contribution < 1.29 is 14.5 Å². The molecule has 0 aromatic heterocycles. The Hall–Kier alpha value is -2.15. The molecule has 1 saturated heterocycles. The number of hydrogen-bond acceptors (Lipinski definition) is 5. The number of amides is 1. The van der Waals surface area contributed by atoms with Crippen molar-refractivity contribution in [3.05, 3.63) is 34.4 Å². The molecule has 1 aliphatic heterocycles. The van der Waals surface area contributed by atoms with Crippen LogP contribution in [0.2, 0.25) is 0 Å². The minimum absolute atomic E-state index is 0.102. The van der Waals surface area contributed by atoms with E-state index in [9.17, 15) is 14.9 Å². The van der Waals surface area contributed by atoms with Gasteiger partial charge in [-0.15, -0.1) is 0 Å². The van der Waals surface area contributed by atoms with Crippen LogP contribution < -0.4 is 15.4 Å². The summed E-state index contributed by atoms with van der Waals surface area (Å²) in [6.45, 7) is 1.50. The second kappa shape index (κ2) is 6.85. The molecule has 1 unspecified atom stereocenters. The molecule has 7 nitrogen and oxygen atoms in total.